The lowest BCUT2D eigenvalue weighted by atomic mass is 10.2. The first-order chi connectivity index (χ1) is 10.6. The van der Waals surface area contributed by atoms with Gasteiger partial charge in [0, 0.05) is 23.7 Å². The molecule has 2 aromatic carbocycles. The average Bonchev–Trinajstić information content (AvgIpc) is 2.53. The van der Waals surface area contributed by atoms with E-state index in [-0.39, 0.29) is 5.69 Å². The zero-order valence-corrected chi connectivity index (χ0v) is 11.3. The molecule has 1 aromatic heterocycles. The van der Waals surface area contributed by atoms with E-state index in [2.05, 4.69) is 4.99 Å². The normalized spacial score (nSPS) is 11.1. The highest BCUT2D eigenvalue weighted by molar-refractivity contribution is 5.88. The number of hydrogen-bond donors (Lipinski definition) is 0. The number of fused-ring (bicyclic) bond motifs is 1. The Kier molecular flexibility index (Phi) is 3.49. The maximum atomic E-state index is 11.1. The topological polar surface area (TPSA) is 85.7 Å². The molecule has 0 aliphatic heterocycles. The van der Waals surface area contributed by atoms with E-state index in [1.807, 2.05) is 0 Å². The highest BCUT2D eigenvalue weighted by atomic mass is 16.6. The van der Waals surface area contributed by atoms with E-state index in [0.717, 1.165) is 5.39 Å². The van der Waals surface area contributed by atoms with E-state index in [0.29, 0.717) is 16.8 Å². The summed E-state index contributed by atoms with van der Waals surface area (Å²) in [6.07, 6.45) is 1.44. The van der Waals surface area contributed by atoms with Crippen molar-refractivity contribution in [3.8, 4) is 0 Å². The minimum Gasteiger partial charge on any atom is -0.423 e. The molecule has 0 atom stereocenters. The standard InChI is InChI=1S/C16H10N2O4/c19-16-8-5-11-9-13(6-7-15(11)22-16)17-10-12-3-1-2-4-14(12)18(20)21/h1-10H. The molecule has 3 aromatic rings. The molecular formula is C16H10N2O4. The van der Waals surface area contributed by atoms with Crippen LogP contribution in [0.4, 0.5) is 11.4 Å². The Bertz CT molecular complexity index is 944. The van der Waals surface area contributed by atoms with Gasteiger partial charge in [-0.3, -0.25) is 15.1 Å². The number of nitrogens with zero attached hydrogens (tertiary/aromatic N) is 2. The van der Waals surface area contributed by atoms with Crippen molar-refractivity contribution in [3.63, 3.8) is 0 Å². The van der Waals surface area contributed by atoms with Crippen molar-refractivity contribution in [2.24, 2.45) is 4.99 Å². The van der Waals surface area contributed by atoms with Gasteiger partial charge in [0.25, 0.3) is 5.69 Å². The van der Waals surface area contributed by atoms with Crippen molar-refractivity contribution in [1.29, 1.82) is 0 Å². The van der Waals surface area contributed by atoms with Crippen LogP contribution in [0.3, 0.4) is 0 Å². The molecular weight excluding hydrogens is 284 g/mol. The third kappa shape index (κ3) is 2.76. The first-order valence-corrected chi connectivity index (χ1v) is 6.45. The molecule has 3 rings (SSSR count). The number of hydrogen-bond acceptors (Lipinski definition) is 5. The molecule has 6 nitrogen and oxygen atoms in total. The van der Waals surface area contributed by atoms with Crippen LogP contribution in [0.15, 0.2) is 68.8 Å². The molecule has 6 heteroatoms. The highest BCUT2D eigenvalue weighted by Gasteiger charge is 2.09. The van der Waals surface area contributed by atoms with Gasteiger partial charge in [-0.1, -0.05) is 12.1 Å². The summed E-state index contributed by atoms with van der Waals surface area (Å²) in [7, 11) is 0. The van der Waals surface area contributed by atoms with Gasteiger partial charge in [-0.2, -0.15) is 0 Å². The molecule has 0 radical (unpaired) electrons. The third-order valence-electron chi connectivity index (χ3n) is 3.09. The number of nitro groups is 1. The number of nitro benzene ring substituents is 1. The molecule has 0 saturated heterocycles. The molecule has 0 amide bonds. The van der Waals surface area contributed by atoms with Crippen LogP contribution in [0.25, 0.3) is 11.0 Å². The molecule has 0 aliphatic rings. The minimum atomic E-state index is -0.448. The Hall–Kier alpha value is -3.28. The lowest BCUT2D eigenvalue weighted by Gasteiger charge is -1.99. The summed E-state index contributed by atoms with van der Waals surface area (Å²) in [6, 6.07) is 14.4. The van der Waals surface area contributed by atoms with Crippen LogP contribution in [0.1, 0.15) is 5.56 Å². The molecule has 0 fully saturated rings. The van der Waals surface area contributed by atoms with Gasteiger partial charge in [0.15, 0.2) is 0 Å². The van der Waals surface area contributed by atoms with Crippen LogP contribution < -0.4 is 5.63 Å². The van der Waals surface area contributed by atoms with Gasteiger partial charge in [-0.05, 0) is 30.3 Å². The van der Waals surface area contributed by atoms with Crippen LogP contribution in [0, 0.1) is 10.1 Å². The van der Waals surface area contributed by atoms with Crippen LogP contribution in [0.5, 0.6) is 0 Å². The van der Waals surface area contributed by atoms with Crippen molar-refractivity contribution >= 4 is 28.6 Å². The molecule has 1 heterocycles. The summed E-state index contributed by atoms with van der Waals surface area (Å²) < 4.78 is 5.03. The van der Waals surface area contributed by atoms with E-state index in [9.17, 15) is 14.9 Å². The summed E-state index contributed by atoms with van der Waals surface area (Å²) in [5, 5.41) is 11.7. The van der Waals surface area contributed by atoms with Gasteiger partial charge in [-0.15, -0.1) is 0 Å². The second-order valence-corrected chi connectivity index (χ2v) is 4.55. The Balaban J connectivity index is 1.98. The van der Waals surface area contributed by atoms with E-state index >= 15 is 0 Å². The Labute approximate surface area is 124 Å². The Morgan fingerprint density at radius 2 is 1.91 bits per heavy atom. The SMILES string of the molecule is O=c1ccc2cc(N=Cc3ccccc3[N+](=O)[O-])ccc2o1. The first kappa shape index (κ1) is 13.7. The largest absolute Gasteiger partial charge is 0.423 e. The maximum absolute atomic E-state index is 11.1. The zero-order valence-electron chi connectivity index (χ0n) is 11.3. The van der Waals surface area contributed by atoms with Gasteiger partial charge in [0.1, 0.15) is 5.58 Å². The predicted molar refractivity (Wildman–Crippen MR) is 82.8 cm³/mol. The summed E-state index contributed by atoms with van der Waals surface area (Å²) in [4.78, 5) is 25.9. The summed E-state index contributed by atoms with van der Waals surface area (Å²) in [5.41, 5.74) is 1.09. The van der Waals surface area contributed by atoms with Gasteiger partial charge in [-0.25, -0.2) is 4.79 Å². The number of para-hydroxylation sites is 1. The van der Waals surface area contributed by atoms with E-state index in [4.69, 9.17) is 4.42 Å². The van der Waals surface area contributed by atoms with Gasteiger partial charge in [0.2, 0.25) is 0 Å². The zero-order chi connectivity index (χ0) is 15.5. The van der Waals surface area contributed by atoms with Crippen molar-refractivity contribution in [2.75, 3.05) is 0 Å². The van der Waals surface area contributed by atoms with E-state index in [1.165, 1.54) is 18.3 Å². The summed E-state index contributed by atoms with van der Waals surface area (Å²) in [6.45, 7) is 0. The molecule has 0 spiro atoms. The van der Waals surface area contributed by atoms with Crippen molar-refractivity contribution in [3.05, 3.63) is 80.7 Å². The predicted octanol–water partition coefficient (Wildman–Crippen LogP) is 3.45. The molecule has 0 aliphatic carbocycles. The quantitative estimate of drug-likeness (QED) is 0.320. The molecule has 0 saturated carbocycles. The summed E-state index contributed by atoms with van der Waals surface area (Å²) >= 11 is 0. The van der Waals surface area contributed by atoms with E-state index in [1.54, 1.807) is 42.5 Å². The third-order valence-corrected chi connectivity index (χ3v) is 3.09. The van der Waals surface area contributed by atoms with Gasteiger partial charge in [0.05, 0.1) is 16.2 Å². The van der Waals surface area contributed by atoms with Gasteiger partial charge >= 0.3 is 5.63 Å². The average molecular weight is 294 g/mol. The number of aliphatic imine (C=N–C) groups is 1. The van der Waals surface area contributed by atoms with Crippen LogP contribution in [-0.2, 0) is 0 Å². The Morgan fingerprint density at radius 1 is 1.09 bits per heavy atom. The van der Waals surface area contributed by atoms with Crippen molar-refractivity contribution in [1.82, 2.24) is 0 Å². The fourth-order valence-corrected chi connectivity index (χ4v) is 2.05. The minimum absolute atomic E-state index is 0.00182. The van der Waals surface area contributed by atoms with Crippen molar-refractivity contribution < 1.29 is 9.34 Å². The monoisotopic (exact) mass is 294 g/mol. The molecule has 22 heavy (non-hydrogen) atoms. The van der Waals surface area contributed by atoms with Crippen molar-refractivity contribution in [2.45, 2.75) is 0 Å². The van der Waals surface area contributed by atoms with Gasteiger partial charge < -0.3 is 4.42 Å². The lowest BCUT2D eigenvalue weighted by Crippen LogP contribution is -1.94. The Morgan fingerprint density at radius 3 is 2.73 bits per heavy atom. The fraction of sp³-hybridized carbons (Fsp3) is 0. The molecule has 0 N–H and O–H groups in total. The smallest absolute Gasteiger partial charge is 0.336 e. The second-order valence-electron chi connectivity index (χ2n) is 4.55. The summed E-state index contributed by atoms with van der Waals surface area (Å²) in [5.74, 6) is 0. The maximum Gasteiger partial charge on any atom is 0.336 e. The fourth-order valence-electron chi connectivity index (χ4n) is 2.05. The highest BCUT2D eigenvalue weighted by Crippen LogP contribution is 2.21. The van der Waals surface area contributed by atoms with E-state index < -0.39 is 10.5 Å². The van der Waals surface area contributed by atoms with Crippen LogP contribution >= 0.6 is 0 Å². The number of rotatable bonds is 3. The molecule has 0 bridgehead atoms. The van der Waals surface area contributed by atoms with Crippen LogP contribution in [0.2, 0.25) is 0 Å². The molecule has 0 unspecified atom stereocenters. The first-order valence-electron chi connectivity index (χ1n) is 6.45. The molecule has 108 valence electrons. The lowest BCUT2D eigenvalue weighted by molar-refractivity contribution is -0.385. The number of benzene rings is 2. The van der Waals surface area contributed by atoms with Crippen LogP contribution in [-0.4, -0.2) is 11.1 Å². The second kappa shape index (κ2) is 5.61.